The molecule has 0 atom stereocenters. The summed E-state index contributed by atoms with van der Waals surface area (Å²) in [6, 6.07) is 1.99. The van der Waals surface area contributed by atoms with Gasteiger partial charge < -0.3 is 15.2 Å². The lowest BCUT2D eigenvalue weighted by Gasteiger charge is -2.30. The van der Waals surface area contributed by atoms with Gasteiger partial charge in [0.15, 0.2) is 5.82 Å². The van der Waals surface area contributed by atoms with E-state index in [1.165, 1.54) is 12.8 Å². The third-order valence-corrected chi connectivity index (χ3v) is 2.89. The number of aryl methyl sites for hydroxylation is 1. The number of hydrogen-bond acceptors (Lipinski definition) is 4. The zero-order valence-electron chi connectivity index (χ0n) is 8.57. The molecular formula is C10H17N3O. The van der Waals surface area contributed by atoms with E-state index in [4.69, 9.17) is 10.3 Å². The van der Waals surface area contributed by atoms with Crippen LogP contribution in [0.15, 0.2) is 10.6 Å². The number of aromatic nitrogens is 1. The fourth-order valence-electron chi connectivity index (χ4n) is 1.90. The number of piperidine rings is 1. The Labute approximate surface area is 84.0 Å². The smallest absolute Gasteiger partial charge is 0.172 e. The first-order valence-corrected chi connectivity index (χ1v) is 5.18. The molecule has 1 saturated heterocycles. The number of anilines is 1. The van der Waals surface area contributed by atoms with Crippen LogP contribution in [0.3, 0.4) is 0 Å². The molecule has 2 N–H and O–H groups in total. The molecule has 0 radical (unpaired) electrons. The SMILES string of the molecule is Cc1cc(N2CCC(CN)CC2)no1. The number of nitrogens with zero attached hydrogens (tertiary/aromatic N) is 2. The Kier molecular flexibility index (Phi) is 2.72. The van der Waals surface area contributed by atoms with Gasteiger partial charge in [0, 0.05) is 19.2 Å². The molecule has 1 fully saturated rings. The lowest BCUT2D eigenvalue weighted by Crippen LogP contribution is -2.36. The Morgan fingerprint density at radius 3 is 2.79 bits per heavy atom. The van der Waals surface area contributed by atoms with Crippen molar-refractivity contribution in [2.24, 2.45) is 11.7 Å². The average Bonchev–Trinajstić information content (AvgIpc) is 2.65. The maximum atomic E-state index is 5.64. The number of hydrogen-bond donors (Lipinski definition) is 1. The molecule has 2 heterocycles. The van der Waals surface area contributed by atoms with Gasteiger partial charge in [0.05, 0.1) is 0 Å². The molecule has 0 saturated carbocycles. The van der Waals surface area contributed by atoms with Crippen LogP contribution in [-0.2, 0) is 0 Å². The van der Waals surface area contributed by atoms with Gasteiger partial charge >= 0.3 is 0 Å². The Bertz CT molecular complexity index is 289. The number of rotatable bonds is 2. The van der Waals surface area contributed by atoms with Crippen molar-refractivity contribution in [3.8, 4) is 0 Å². The number of nitrogens with two attached hydrogens (primary N) is 1. The van der Waals surface area contributed by atoms with Crippen molar-refractivity contribution in [1.82, 2.24) is 5.16 Å². The van der Waals surface area contributed by atoms with Crippen molar-refractivity contribution < 1.29 is 4.52 Å². The van der Waals surface area contributed by atoms with E-state index in [2.05, 4.69) is 10.1 Å². The van der Waals surface area contributed by atoms with Crippen LogP contribution >= 0.6 is 0 Å². The van der Waals surface area contributed by atoms with Crippen LogP contribution in [0.25, 0.3) is 0 Å². The van der Waals surface area contributed by atoms with E-state index in [-0.39, 0.29) is 0 Å². The minimum Gasteiger partial charge on any atom is -0.360 e. The van der Waals surface area contributed by atoms with Crippen LogP contribution in [0.1, 0.15) is 18.6 Å². The molecule has 0 bridgehead atoms. The van der Waals surface area contributed by atoms with Gasteiger partial charge in [-0.05, 0) is 32.2 Å². The minimum absolute atomic E-state index is 0.694. The van der Waals surface area contributed by atoms with Crippen molar-refractivity contribution in [1.29, 1.82) is 0 Å². The Balaban J connectivity index is 1.95. The minimum atomic E-state index is 0.694. The zero-order chi connectivity index (χ0) is 9.97. The lowest BCUT2D eigenvalue weighted by molar-refractivity contribution is 0.383. The molecule has 1 aromatic heterocycles. The summed E-state index contributed by atoms with van der Waals surface area (Å²) in [6.45, 7) is 4.83. The van der Waals surface area contributed by atoms with Gasteiger partial charge in [0.2, 0.25) is 0 Å². The van der Waals surface area contributed by atoms with Crippen LogP contribution < -0.4 is 10.6 Å². The van der Waals surface area contributed by atoms with Gasteiger partial charge in [-0.25, -0.2) is 0 Å². The van der Waals surface area contributed by atoms with Crippen molar-refractivity contribution >= 4 is 5.82 Å². The molecule has 14 heavy (non-hydrogen) atoms. The van der Waals surface area contributed by atoms with Crippen LogP contribution in [0.5, 0.6) is 0 Å². The highest BCUT2D eigenvalue weighted by Gasteiger charge is 2.19. The van der Waals surface area contributed by atoms with Gasteiger partial charge in [0.1, 0.15) is 5.76 Å². The maximum Gasteiger partial charge on any atom is 0.172 e. The third kappa shape index (κ3) is 1.90. The van der Waals surface area contributed by atoms with E-state index in [9.17, 15) is 0 Å². The molecule has 0 amide bonds. The molecule has 4 heteroatoms. The van der Waals surface area contributed by atoms with Crippen molar-refractivity contribution in [3.63, 3.8) is 0 Å². The summed E-state index contributed by atoms with van der Waals surface area (Å²) < 4.78 is 5.05. The van der Waals surface area contributed by atoms with Crippen molar-refractivity contribution in [3.05, 3.63) is 11.8 Å². The van der Waals surface area contributed by atoms with Crippen LogP contribution in [0.4, 0.5) is 5.82 Å². The Morgan fingerprint density at radius 2 is 2.29 bits per heavy atom. The molecule has 2 rings (SSSR count). The summed E-state index contributed by atoms with van der Waals surface area (Å²) >= 11 is 0. The fraction of sp³-hybridized carbons (Fsp3) is 0.700. The summed E-state index contributed by atoms with van der Waals surface area (Å²) in [6.07, 6.45) is 2.34. The van der Waals surface area contributed by atoms with Crippen molar-refractivity contribution in [2.45, 2.75) is 19.8 Å². The quantitative estimate of drug-likeness (QED) is 0.769. The van der Waals surface area contributed by atoms with Gasteiger partial charge in [-0.15, -0.1) is 0 Å². The topological polar surface area (TPSA) is 55.3 Å². The Hall–Kier alpha value is -1.03. The zero-order valence-corrected chi connectivity index (χ0v) is 8.57. The summed E-state index contributed by atoms with van der Waals surface area (Å²) in [7, 11) is 0. The molecule has 0 unspecified atom stereocenters. The first kappa shape index (κ1) is 9.52. The molecule has 1 aliphatic heterocycles. The lowest BCUT2D eigenvalue weighted by atomic mass is 9.97. The normalized spacial score (nSPS) is 18.9. The molecule has 1 aromatic rings. The summed E-state index contributed by atoms with van der Waals surface area (Å²) in [5.74, 6) is 2.54. The fourth-order valence-corrected chi connectivity index (χ4v) is 1.90. The second kappa shape index (κ2) is 4.00. The van der Waals surface area contributed by atoms with Gasteiger partial charge in [-0.2, -0.15) is 0 Å². The van der Waals surface area contributed by atoms with Gasteiger partial charge in [-0.1, -0.05) is 5.16 Å². The highest BCUT2D eigenvalue weighted by atomic mass is 16.5. The van der Waals surface area contributed by atoms with E-state index in [1.54, 1.807) is 0 Å². The van der Waals surface area contributed by atoms with E-state index >= 15 is 0 Å². The van der Waals surface area contributed by atoms with E-state index < -0.39 is 0 Å². The van der Waals surface area contributed by atoms with Crippen LogP contribution in [0, 0.1) is 12.8 Å². The standard InChI is InChI=1S/C10H17N3O/c1-8-6-10(12-14-8)13-4-2-9(7-11)3-5-13/h6,9H,2-5,7,11H2,1H3. The van der Waals surface area contributed by atoms with Crippen LogP contribution in [-0.4, -0.2) is 24.8 Å². The largest absolute Gasteiger partial charge is 0.360 e. The third-order valence-electron chi connectivity index (χ3n) is 2.89. The van der Waals surface area contributed by atoms with Crippen LogP contribution in [0.2, 0.25) is 0 Å². The summed E-state index contributed by atoms with van der Waals surface area (Å²) in [5, 5.41) is 4.01. The van der Waals surface area contributed by atoms with E-state index in [0.717, 1.165) is 31.2 Å². The monoisotopic (exact) mass is 195 g/mol. The molecule has 0 spiro atoms. The predicted octanol–water partition coefficient (Wildman–Crippen LogP) is 1.16. The van der Waals surface area contributed by atoms with Crippen molar-refractivity contribution in [2.75, 3.05) is 24.5 Å². The molecular weight excluding hydrogens is 178 g/mol. The first-order chi connectivity index (χ1) is 6.79. The van der Waals surface area contributed by atoms with E-state index in [1.807, 2.05) is 13.0 Å². The Morgan fingerprint density at radius 1 is 1.57 bits per heavy atom. The molecule has 1 aliphatic rings. The molecule has 4 nitrogen and oxygen atoms in total. The van der Waals surface area contributed by atoms with Gasteiger partial charge in [-0.3, -0.25) is 0 Å². The van der Waals surface area contributed by atoms with E-state index in [0.29, 0.717) is 5.92 Å². The van der Waals surface area contributed by atoms with Gasteiger partial charge in [0.25, 0.3) is 0 Å². The summed E-state index contributed by atoms with van der Waals surface area (Å²) in [5.41, 5.74) is 5.64. The second-order valence-electron chi connectivity index (χ2n) is 3.96. The maximum absolute atomic E-state index is 5.64. The second-order valence-corrected chi connectivity index (χ2v) is 3.96. The summed E-state index contributed by atoms with van der Waals surface area (Å²) in [4.78, 5) is 2.27. The highest BCUT2D eigenvalue weighted by molar-refractivity contribution is 5.38. The molecule has 0 aromatic carbocycles. The molecule has 0 aliphatic carbocycles. The average molecular weight is 195 g/mol. The molecule has 78 valence electrons. The first-order valence-electron chi connectivity index (χ1n) is 5.18. The predicted molar refractivity (Wildman–Crippen MR) is 55.2 cm³/mol. The highest BCUT2D eigenvalue weighted by Crippen LogP contribution is 2.21.